The lowest BCUT2D eigenvalue weighted by atomic mass is 10.0. The van der Waals surface area contributed by atoms with Gasteiger partial charge in [0.05, 0.1) is 23.6 Å². The summed E-state index contributed by atoms with van der Waals surface area (Å²) in [6, 6.07) is 5.46. The molecule has 192 valence electrons. The first-order valence-electron chi connectivity index (χ1n) is 10.3. The molecule has 1 aliphatic heterocycles. The van der Waals surface area contributed by atoms with E-state index in [2.05, 4.69) is 5.32 Å². The van der Waals surface area contributed by atoms with Crippen molar-refractivity contribution < 1.29 is 41.6 Å². The third-order valence-corrected chi connectivity index (χ3v) is 6.57. The Balaban J connectivity index is 1.98. The number of hydrogen-bond donors (Lipinski definition) is 2. The number of nitro groups is 1. The minimum absolute atomic E-state index is 0.0499. The summed E-state index contributed by atoms with van der Waals surface area (Å²) in [5.41, 5.74) is -0.795. The fourth-order valence-corrected chi connectivity index (χ4v) is 4.80. The number of carboxylic acids is 1. The molecule has 2 aromatic rings. The molecule has 1 heterocycles. The van der Waals surface area contributed by atoms with Gasteiger partial charge in [-0.1, -0.05) is 12.1 Å². The van der Waals surface area contributed by atoms with Gasteiger partial charge in [-0.25, -0.2) is 17.2 Å². The molecule has 2 aromatic carbocycles. The van der Waals surface area contributed by atoms with Gasteiger partial charge in [-0.2, -0.15) is 4.31 Å². The first-order chi connectivity index (χ1) is 16.8. The first kappa shape index (κ1) is 26.6. The van der Waals surface area contributed by atoms with Gasteiger partial charge in [-0.05, 0) is 17.7 Å². The summed E-state index contributed by atoms with van der Waals surface area (Å²) in [5.74, 6) is -5.65. The van der Waals surface area contributed by atoms with E-state index in [1.165, 1.54) is 12.1 Å². The van der Waals surface area contributed by atoms with Gasteiger partial charge in [0.25, 0.3) is 17.5 Å². The van der Waals surface area contributed by atoms with Crippen LogP contribution in [0.1, 0.15) is 28.4 Å². The monoisotopic (exact) mass is 526 g/mol. The Labute approximate surface area is 203 Å². The number of benzene rings is 2. The lowest BCUT2D eigenvalue weighted by Crippen LogP contribution is -2.54. The highest BCUT2D eigenvalue weighted by molar-refractivity contribution is 7.88. The van der Waals surface area contributed by atoms with Crippen molar-refractivity contribution >= 4 is 33.5 Å². The molecule has 1 aliphatic rings. The maximum absolute atomic E-state index is 13.7. The number of aliphatic carboxylic acids is 1. The van der Waals surface area contributed by atoms with Crippen molar-refractivity contribution in [1.29, 1.82) is 0 Å². The van der Waals surface area contributed by atoms with Gasteiger partial charge in [0.2, 0.25) is 10.0 Å². The van der Waals surface area contributed by atoms with Crippen LogP contribution in [0.15, 0.2) is 42.5 Å². The smallest absolute Gasteiger partial charge is 0.305 e. The van der Waals surface area contributed by atoms with Crippen LogP contribution in [-0.2, 0) is 19.6 Å². The molecule has 0 radical (unpaired) electrons. The number of hydrogen-bond acceptors (Lipinski definition) is 7. The Morgan fingerprint density at radius 3 is 2.36 bits per heavy atom. The molecule has 0 bridgehead atoms. The molecule has 0 saturated carbocycles. The number of carbonyl (C=O) groups is 3. The average Bonchev–Trinajstić information content (AvgIpc) is 3.23. The van der Waals surface area contributed by atoms with Gasteiger partial charge in [0.1, 0.15) is 11.6 Å². The Kier molecular flexibility index (Phi) is 7.64. The summed E-state index contributed by atoms with van der Waals surface area (Å²) in [6.45, 7) is -0.622. The normalized spacial score (nSPS) is 17.0. The molecular formula is C21H20F2N4O8S. The summed E-state index contributed by atoms with van der Waals surface area (Å²) in [5, 5.41) is 22.8. The standard InChI is InChI=1S/C21H20F2N4O8S/c1-36(34,35)26-6-5-25(21(31)13-7-14(22)10-15(23)8-13)20(26)19(30)24-17(11-18(28)29)12-3-2-4-16(9-12)27(32)33/h2-4,7-10,17,20H,5-6,11H2,1H3,(H,24,30)(H,28,29). The highest BCUT2D eigenvalue weighted by atomic mass is 32.2. The van der Waals surface area contributed by atoms with Crippen LogP contribution in [0.2, 0.25) is 0 Å². The molecule has 2 N–H and O–H groups in total. The summed E-state index contributed by atoms with van der Waals surface area (Å²) < 4.78 is 52.7. The fourth-order valence-electron chi connectivity index (χ4n) is 3.81. The number of nitro benzene ring substituents is 1. The average molecular weight is 526 g/mol. The number of halogens is 2. The molecule has 2 unspecified atom stereocenters. The molecule has 12 nitrogen and oxygen atoms in total. The molecule has 0 aliphatic carbocycles. The number of amides is 2. The third kappa shape index (κ3) is 5.98. The van der Waals surface area contributed by atoms with E-state index in [0.717, 1.165) is 35.4 Å². The van der Waals surface area contributed by atoms with E-state index in [9.17, 15) is 46.8 Å². The predicted molar refractivity (Wildman–Crippen MR) is 119 cm³/mol. The highest BCUT2D eigenvalue weighted by Crippen LogP contribution is 2.26. The van der Waals surface area contributed by atoms with Crippen molar-refractivity contribution in [3.63, 3.8) is 0 Å². The summed E-state index contributed by atoms with van der Waals surface area (Å²) in [4.78, 5) is 48.9. The highest BCUT2D eigenvalue weighted by Gasteiger charge is 2.45. The number of nitrogens with zero attached hydrogens (tertiary/aromatic N) is 3. The van der Waals surface area contributed by atoms with Crippen LogP contribution in [0.25, 0.3) is 0 Å². The fraction of sp³-hybridized carbons (Fsp3) is 0.286. The quantitative estimate of drug-likeness (QED) is 0.383. The number of carboxylic acid groups (broad SMARTS) is 1. The second kappa shape index (κ2) is 10.3. The minimum Gasteiger partial charge on any atom is -0.481 e. The van der Waals surface area contributed by atoms with E-state index in [1.807, 2.05) is 0 Å². The zero-order valence-electron chi connectivity index (χ0n) is 18.6. The van der Waals surface area contributed by atoms with E-state index in [0.29, 0.717) is 10.4 Å². The van der Waals surface area contributed by atoms with Crippen LogP contribution in [0, 0.1) is 21.7 Å². The van der Waals surface area contributed by atoms with E-state index in [4.69, 9.17) is 0 Å². The number of non-ortho nitro benzene ring substituents is 1. The molecule has 3 rings (SSSR count). The van der Waals surface area contributed by atoms with Crippen LogP contribution < -0.4 is 5.32 Å². The molecule has 15 heteroatoms. The Morgan fingerprint density at radius 2 is 1.81 bits per heavy atom. The maximum atomic E-state index is 13.7. The van der Waals surface area contributed by atoms with Crippen molar-refractivity contribution in [3.05, 3.63) is 75.3 Å². The van der Waals surface area contributed by atoms with Gasteiger partial charge in [-0.15, -0.1) is 0 Å². The van der Waals surface area contributed by atoms with Crippen molar-refractivity contribution in [3.8, 4) is 0 Å². The summed E-state index contributed by atoms with van der Waals surface area (Å²) in [7, 11) is -4.08. The lowest BCUT2D eigenvalue weighted by Gasteiger charge is -2.29. The van der Waals surface area contributed by atoms with Gasteiger partial charge in [0.15, 0.2) is 6.17 Å². The Bertz CT molecular complexity index is 1320. The lowest BCUT2D eigenvalue weighted by molar-refractivity contribution is -0.384. The molecule has 1 fully saturated rings. The zero-order chi connectivity index (χ0) is 26.8. The van der Waals surface area contributed by atoms with Crippen LogP contribution >= 0.6 is 0 Å². The molecule has 0 spiro atoms. The number of sulfonamides is 1. The number of rotatable bonds is 8. The number of carbonyl (C=O) groups excluding carboxylic acids is 2. The van der Waals surface area contributed by atoms with Crippen molar-refractivity contribution in [1.82, 2.24) is 14.5 Å². The second-order valence-corrected chi connectivity index (χ2v) is 9.85. The van der Waals surface area contributed by atoms with Crippen LogP contribution in [0.3, 0.4) is 0 Å². The van der Waals surface area contributed by atoms with E-state index in [-0.39, 0.29) is 24.3 Å². The largest absolute Gasteiger partial charge is 0.481 e. The van der Waals surface area contributed by atoms with Crippen molar-refractivity contribution in [2.24, 2.45) is 0 Å². The Hall–Kier alpha value is -3.98. The predicted octanol–water partition coefficient (Wildman–Crippen LogP) is 1.25. The molecule has 2 amide bonds. The zero-order valence-corrected chi connectivity index (χ0v) is 19.4. The van der Waals surface area contributed by atoms with Crippen LogP contribution in [0.4, 0.5) is 14.5 Å². The second-order valence-electron chi connectivity index (χ2n) is 7.92. The molecule has 36 heavy (non-hydrogen) atoms. The van der Waals surface area contributed by atoms with Gasteiger partial charge < -0.3 is 15.3 Å². The molecular weight excluding hydrogens is 506 g/mol. The van der Waals surface area contributed by atoms with Gasteiger partial charge >= 0.3 is 5.97 Å². The molecule has 0 aromatic heterocycles. The van der Waals surface area contributed by atoms with E-state index < -0.39 is 68.6 Å². The third-order valence-electron chi connectivity index (χ3n) is 5.34. The molecule has 2 atom stereocenters. The summed E-state index contributed by atoms with van der Waals surface area (Å²) in [6.07, 6.45) is -1.74. The first-order valence-corrected chi connectivity index (χ1v) is 12.1. The van der Waals surface area contributed by atoms with E-state index >= 15 is 0 Å². The topological polar surface area (TPSA) is 167 Å². The van der Waals surface area contributed by atoms with Crippen molar-refractivity contribution in [2.45, 2.75) is 18.6 Å². The van der Waals surface area contributed by atoms with Gasteiger partial charge in [-0.3, -0.25) is 24.5 Å². The summed E-state index contributed by atoms with van der Waals surface area (Å²) >= 11 is 0. The van der Waals surface area contributed by atoms with Crippen molar-refractivity contribution in [2.75, 3.05) is 19.3 Å². The van der Waals surface area contributed by atoms with Crippen LogP contribution in [0.5, 0.6) is 0 Å². The van der Waals surface area contributed by atoms with Crippen LogP contribution in [-0.4, -0.2) is 70.9 Å². The maximum Gasteiger partial charge on any atom is 0.305 e. The Morgan fingerprint density at radius 1 is 1.17 bits per heavy atom. The van der Waals surface area contributed by atoms with Gasteiger partial charge in [0, 0.05) is 36.9 Å². The number of nitrogens with one attached hydrogen (secondary N) is 1. The molecule has 1 saturated heterocycles. The van der Waals surface area contributed by atoms with E-state index in [1.54, 1.807) is 0 Å². The SMILES string of the molecule is CS(=O)(=O)N1CCN(C(=O)c2cc(F)cc(F)c2)C1C(=O)NC(CC(=O)O)c1cccc([N+](=O)[O-])c1. The minimum atomic E-state index is -4.08.